The molecule has 1 aromatic carbocycles. The van der Waals surface area contributed by atoms with Crippen molar-refractivity contribution in [1.29, 1.82) is 0 Å². The Labute approximate surface area is 146 Å². The molecule has 0 saturated heterocycles. The van der Waals surface area contributed by atoms with Gasteiger partial charge in [-0.2, -0.15) is 0 Å². The van der Waals surface area contributed by atoms with Crippen molar-refractivity contribution >= 4 is 11.6 Å². The van der Waals surface area contributed by atoms with Crippen molar-refractivity contribution < 1.29 is 4.79 Å². The number of nitrogens with zero attached hydrogens (tertiary/aromatic N) is 1. The number of fused-ring (bicyclic) bond motifs is 2. The van der Waals surface area contributed by atoms with Crippen molar-refractivity contribution in [2.24, 2.45) is 17.8 Å². The summed E-state index contributed by atoms with van der Waals surface area (Å²) >= 11 is 0. The quantitative estimate of drug-likeness (QED) is 0.896. The number of aryl methyl sites for hydroxylation is 1. The van der Waals surface area contributed by atoms with Gasteiger partial charge in [0.05, 0.1) is 0 Å². The minimum atomic E-state index is -0.161. The Bertz CT molecular complexity index is 841. The van der Waals surface area contributed by atoms with E-state index in [9.17, 15) is 9.59 Å². The van der Waals surface area contributed by atoms with E-state index >= 15 is 0 Å². The molecular weight excluding hydrogens is 314 g/mol. The number of hydrogen-bond donors (Lipinski definition) is 2. The number of nitrogens with one attached hydrogen (secondary N) is 2. The zero-order valence-corrected chi connectivity index (χ0v) is 14.4. The Balaban J connectivity index is 1.40. The van der Waals surface area contributed by atoms with Gasteiger partial charge in [0, 0.05) is 29.4 Å². The lowest BCUT2D eigenvalue weighted by atomic mass is 9.86. The molecule has 25 heavy (non-hydrogen) atoms. The van der Waals surface area contributed by atoms with Gasteiger partial charge in [-0.25, -0.2) is 4.98 Å². The maximum atomic E-state index is 12.3. The first-order valence-electron chi connectivity index (χ1n) is 9.05. The van der Waals surface area contributed by atoms with Gasteiger partial charge in [-0.15, -0.1) is 0 Å². The zero-order chi connectivity index (χ0) is 17.4. The van der Waals surface area contributed by atoms with E-state index in [1.807, 2.05) is 24.3 Å². The molecule has 1 aromatic heterocycles. The van der Waals surface area contributed by atoms with Crippen LogP contribution in [-0.2, 0) is 4.79 Å². The summed E-state index contributed by atoms with van der Waals surface area (Å²) in [6, 6.07) is 8.91. The van der Waals surface area contributed by atoms with E-state index in [0.717, 1.165) is 23.1 Å². The number of carbonyl (C=O) groups excluding carboxylic acids is 1. The molecule has 130 valence electrons. The largest absolute Gasteiger partial charge is 0.326 e. The smallest absolute Gasteiger partial charge is 0.251 e. The molecule has 2 aliphatic rings. The van der Waals surface area contributed by atoms with Crippen molar-refractivity contribution in [3.63, 3.8) is 0 Å². The van der Waals surface area contributed by atoms with E-state index in [1.54, 1.807) is 6.92 Å². The van der Waals surface area contributed by atoms with Crippen LogP contribution in [0.2, 0.25) is 0 Å². The van der Waals surface area contributed by atoms with Crippen LogP contribution in [0.15, 0.2) is 35.1 Å². The average molecular weight is 337 g/mol. The molecule has 5 nitrogen and oxygen atoms in total. The van der Waals surface area contributed by atoms with Crippen molar-refractivity contribution in [2.45, 2.75) is 39.0 Å². The third kappa shape index (κ3) is 3.50. The third-order valence-corrected chi connectivity index (χ3v) is 5.64. The summed E-state index contributed by atoms with van der Waals surface area (Å²) in [5.41, 5.74) is 2.13. The lowest BCUT2D eigenvalue weighted by Gasteiger charge is -2.20. The Morgan fingerprint density at radius 3 is 2.68 bits per heavy atom. The third-order valence-electron chi connectivity index (χ3n) is 5.64. The number of amides is 1. The minimum absolute atomic E-state index is 0.104. The van der Waals surface area contributed by atoms with Crippen LogP contribution in [0.25, 0.3) is 11.4 Å². The van der Waals surface area contributed by atoms with Gasteiger partial charge in [0.1, 0.15) is 5.82 Å². The summed E-state index contributed by atoms with van der Waals surface area (Å²) in [4.78, 5) is 31.0. The van der Waals surface area contributed by atoms with Gasteiger partial charge in [-0.05, 0) is 68.2 Å². The highest BCUT2D eigenvalue weighted by Crippen LogP contribution is 2.49. The van der Waals surface area contributed by atoms with Gasteiger partial charge < -0.3 is 10.3 Å². The summed E-state index contributed by atoms with van der Waals surface area (Å²) in [7, 11) is 0. The van der Waals surface area contributed by atoms with Crippen LogP contribution < -0.4 is 10.9 Å². The molecular formula is C20H23N3O2. The molecule has 1 amide bonds. The van der Waals surface area contributed by atoms with E-state index in [4.69, 9.17) is 0 Å². The summed E-state index contributed by atoms with van der Waals surface area (Å²) in [6.07, 6.45) is 5.85. The first-order chi connectivity index (χ1) is 12.1. The number of aromatic amines is 1. The monoisotopic (exact) mass is 337 g/mol. The standard InChI is InChI=1S/C20H23N3O2/c1-12-8-18(24)23-20(21-12)14-4-6-17(7-5-14)22-19(25)11-16-10-13-2-3-15(16)9-13/h4-8,13,15-16H,2-3,9-11H2,1H3,(H,22,25)(H,21,23,24). The maximum Gasteiger partial charge on any atom is 0.251 e. The predicted octanol–water partition coefficient (Wildman–Crippen LogP) is 3.51. The van der Waals surface area contributed by atoms with Crippen LogP contribution in [0.4, 0.5) is 5.69 Å². The topological polar surface area (TPSA) is 74.8 Å². The molecule has 1 heterocycles. The molecule has 0 radical (unpaired) electrons. The molecule has 0 aliphatic heterocycles. The summed E-state index contributed by atoms with van der Waals surface area (Å²) < 4.78 is 0. The molecule has 4 rings (SSSR count). The number of anilines is 1. The number of hydrogen-bond acceptors (Lipinski definition) is 3. The maximum absolute atomic E-state index is 12.3. The highest BCUT2D eigenvalue weighted by atomic mass is 16.1. The van der Waals surface area contributed by atoms with Crippen molar-refractivity contribution in [1.82, 2.24) is 9.97 Å². The Kier molecular flexibility index (Phi) is 4.15. The van der Waals surface area contributed by atoms with Gasteiger partial charge >= 0.3 is 0 Å². The molecule has 2 fully saturated rings. The van der Waals surface area contributed by atoms with Crippen molar-refractivity contribution in [3.8, 4) is 11.4 Å². The summed E-state index contributed by atoms with van der Waals surface area (Å²) in [5.74, 6) is 2.85. The Morgan fingerprint density at radius 2 is 2.04 bits per heavy atom. The number of carbonyl (C=O) groups is 1. The molecule has 5 heteroatoms. The highest BCUT2D eigenvalue weighted by molar-refractivity contribution is 5.91. The lowest BCUT2D eigenvalue weighted by molar-refractivity contribution is -0.117. The fourth-order valence-electron chi connectivity index (χ4n) is 4.50. The molecule has 2 N–H and O–H groups in total. The molecule has 3 unspecified atom stereocenters. The van der Waals surface area contributed by atoms with Gasteiger partial charge in [-0.1, -0.05) is 6.42 Å². The molecule has 2 aliphatic carbocycles. The van der Waals surface area contributed by atoms with Gasteiger partial charge in [-0.3, -0.25) is 9.59 Å². The lowest BCUT2D eigenvalue weighted by Crippen LogP contribution is -2.20. The van der Waals surface area contributed by atoms with E-state index in [0.29, 0.717) is 23.9 Å². The van der Waals surface area contributed by atoms with E-state index < -0.39 is 0 Å². The van der Waals surface area contributed by atoms with Crippen molar-refractivity contribution in [3.05, 3.63) is 46.4 Å². The fraction of sp³-hybridized carbons (Fsp3) is 0.450. The van der Waals surface area contributed by atoms with E-state index in [1.165, 1.54) is 31.7 Å². The van der Waals surface area contributed by atoms with Gasteiger partial charge in [0.15, 0.2) is 0 Å². The van der Waals surface area contributed by atoms with Crippen LogP contribution >= 0.6 is 0 Å². The minimum Gasteiger partial charge on any atom is -0.326 e. The molecule has 3 atom stereocenters. The van der Waals surface area contributed by atoms with E-state index in [-0.39, 0.29) is 11.5 Å². The van der Waals surface area contributed by atoms with Crippen LogP contribution in [0.5, 0.6) is 0 Å². The number of H-pyrrole nitrogens is 1. The average Bonchev–Trinajstić information content (AvgIpc) is 3.17. The second kappa shape index (κ2) is 6.47. The number of rotatable bonds is 4. The Hall–Kier alpha value is -2.43. The normalized spacial score (nSPS) is 24.4. The van der Waals surface area contributed by atoms with Crippen LogP contribution in [0, 0.1) is 24.7 Å². The Morgan fingerprint density at radius 1 is 1.24 bits per heavy atom. The van der Waals surface area contributed by atoms with Crippen LogP contribution in [0.3, 0.4) is 0 Å². The fourth-order valence-corrected chi connectivity index (χ4v) is 4.50. The molecule has 2 aromatic rings. The van der Waals surface area contributed by atoms with Crippen LogP contribution in [0.1, 0.15) is 37.8 Å². The summed E-state index contributed by atoms with van der Waals surface area (Å²) in [6.45, 7) is 1.79. The van der Waals surface area contributed by atoms with Gasteiger partial charge in [0.25, 0.3) is 5.56 Å². The first-order valence-corrected chi connectivity index (χ1v) is 9.05. The van der Waals surface area contributed by atoms with Crippen molar-refractivity contribution in [2.75, 3.05) is 5.32 Å². The predicted molar refractivity (Wildman–Crippen MR) is 97.2 cm³/mol. The zero-order valence-electron chi connectivity index (χ0n) is 14.4. The van der Waals surface area contributed by atoms with Gasteiger partial charge in [0.2, 0.25) is 5.91 Å². The molecule has 2 saturated carbocycles. The molecule has 0 spiro atoms. The van der Waals surface area contributed by atoms with E-state index in [2.05, 4.69) is 15.3 Å². The SMILES string of the molecule is Cc1cc(=O)[nH]c(-c2ccc(NC(=O)CC3CC4CCC3C4)cc2)n1. The second-order valence-electron chi connectivity index (χ2n) is 7.50. The summed E-state index contributed by atoms with van der Waals surface area (Å²) in [5, 5.41) is 3.00. The highest BCUT2D eigenvalue weighted by Gasteiger charge is 2.40. The first kappa shape index (κ1) is 16.1. The number of aromatic nitrogens is 2. The second-order valence-corrected chi connectivity index (χ2v) is 7.50. The van der Waals surface area contributed by atoms with Crippen LogP contribution in [-0.4, -0.2) is 15.9 Å². The molecule has 2 bridgehead atoms. The number of benzene rings is 1.